The Balaban J connectivity index is 2.00. The maximum absolute atomic E-state index is 13.8. The van der Waals surface area contributed by atoms with Gasteiger partial charge in [0.2, 0.25) is 0 Å². The van der Waals surface area contributed by atoms with E-state index in [1.54, 1.807) is 50.3 Å². The highest BCUT2D eigenvalue weighted by Crippen LogP contribution is 2.34. The predicted octanol–water partition coefficient (Wildman–Crippen LogP) is 5.11. The van der Waals surface area contributed by atoms with Crippen molar-refractivity contribution in [2.45, 2.75) is 26.8 Å². The van der Waals surface area contributed by atoms with E-state index in [4.69, 9.17) is 32.7 Å². The number of hydrogen-bond acceptors (Lipinski definition) is 6. The molecule has 0 amide bonds. The van der Waals surface area contributed by atoms with Crippen LogP contribution in [0.4, 0.5) is 0 Å². The number of nitrogens with zero attached hydrogens (tertiary/aromatic N) is 2. The second-order valence-corrected chi connectivity index (χ2v) is 10.6. The van der Waals surface area contributed by atoms with Crippen molar-refractivity contribution in [1.29, 1.82) is 0 Å². The zero-order valence-electron chi connectivity index (χ0n) is 19.1. The van der Waals surface area contributed by atoms with Crippen LogP contribution in [0, 0.1) is 3.57 Å². The number of halogens is 3. The van der Waals surface area contributed by atoms with Crippen molar-refractivity contribution in [2.24, 2.45) is 4.99 Å². The fourth-order valence-corrected chi connectivity index (χ4v) is 6.40. The molecule has 6 nitrogen and oxygen atoms in total. The number of rotatable bonds is 6. The molecule has 1 aromatic heterocycles. The Morgan fingerprint density at radius 3 is 2.66 bits per heavy atom. The van der Waals surface area contributed by atoms with E-state index in [1.807, 2.05) is 13.0 Å². The molecule has 0 N–H and O–H groups in total. The molecule has 1 aliphatic heterocycles. The Morgan fingerprint density at radius 2 is 1.97 bits per heavy atom. The minimum Gasteiger partial charge on any atom is -0.492 e. The summed E-state index contributed by atoms with van der Waals surface area (Å²) in [5.41, 5.74) is 1.77. The van der Waals surface area contributed by atoms with Gasteiger partial charge in [-0.15, -0.1) is 0 Å². The van der Waals surface area contributed by atoms with Gasteiger partial charge in [0.05, 0.1) is 32.6 Å². The Labute approximate surface area is 229 Å². The molecule has 0 saturated heterocycles. The molecule has 0 spiro atoms. The molecule has 0 unspecified atom stereocenters. The van der Waals surface area contributed by atoms with E-state index >= 15 is 0 Å². The molecule has 0 fully saturated rings. The molecule has 2 aromatic carbocycles. The summed E-state index contributed by atoms with van der Waals surface area (Å²) >= 11 is 16.2. The number of carbonyl (C=O) groups excluding carboxylic acids is 1. The normalized spacial score (nSPS) is 15.6. The first-order valence-electron chi connectivity index (χ1n) is 10.8. The van der Waals surface area contributed by atoms with E-state index in [0.29, 0.717) is 48.6 Å². The molecule has 2 heterocycles. The van der Waals surface area contributed by atoms with Crippen LogP contribution in [0.5, 0.6) is 5.75 Å². The molecule has 0 aliphatic carbocycles. The van der Waals surface area contributed by atoms with Crippen LogP contribution in [0.2, 0.25) is 10.0 Å². The molecule has 10 heteroatoms. The van der Waals surface area contributed by atoms with Crippen molar-refractivity contribution in [1.82, 2.24) is 4.57 Å². The van der Waals surface area contributed by atoms with E-state index in [-0.39, 0.29) is 17.7 Å². The van der Waals surface area contributed by atoms with Crippen LogP contribution in [-0.4, -0.2) is 23.8 Å². The van der Waals surface area contributed by atoms with Crippen molar-refractivity contribution in [3.8, 4) is 5.75 Å². The largest absolute Gasteiger partial charge is 0.492 e. The summed E-state index contributed by atoms with van der Waals surface area (Å²) in [5.74, 6) is 0.116. The Hall–Kier alpha value is -2.14. The van der Waals surface area contributed by atoms with Gasteiger partial charge in [-0.1, -0.05) is 52.7 Å². The van der Waals surface area contributed by atoms with Crippen molar-refractivity contribution >= 4 is 69.2 Å². The fourth-order valence-electron chi connectivity index (χ4n) is 3.91. The quantitative estimate of drug-likeness (QED) is 0.277. The first-order valence-corrected chi connectivity index (χ1v) is 13.5. The monoisotopic (exact) mass is 642 g/mol. The summed E-state index contributed by atoms with van der Waals surface area (Å²) < 4.78 is 13.9. The number of allylic oxidation sites excluding steroid dienone is 1. The summed E-state index contributed by atoms with van der Waals surface area (Å²) in [4.78, 5) is 31.8. The van der Waals surface area contributed by atoms with E-state index in [0.717, 1.165) is 3.57 Å². The number of carbonyl (C=O) groups is 1. The molecule has 1 aliphatic rings. The average molecular weight is 643 g/mol. The van der Waals surface area contributed by atoms with Crippen LogP contribution in [0.15, 0.2) is 57.5 Å². The van der Waals surface area contributed by atoms with Crippen molar-refractivity contribution in [3.63, 3.8) is 0 Å². The van der Waals surface area contributed by atoms with Gasteiger partial charge in [-0.25, -0.2) is 9.79 Å². The summed E-state index contributed by atoms with van der Waals surface area (Å²) in [6.07, 6.45) is 1.75. The smallest absolute Gasteiger partial charge is 0.338 e. The van der Waals surface area contributed by atoms with Gasteiger partial charge >= 0.3 is 5.97 Å². The molecular weight excluding hydrogens is 622 g/mol. The maximum Gasteiger partial charge on any atom is 0.338 e. The number of hydrogen-bond donors (Lipinski definition) is 0. The standard InChI is InChI=1S/C25H21Cl2IN2O4S/c1-4-33-22-14(10-15(26)12-18(22)28)11-19-23(31)30-21(16-8-6-7-9-17(16)27)20(24(32)34-5-2)13(3)29-25(30)35-19/h6-12,21H,4-5H2,1-3H3/b19-11-/t21-/m1/s1. The van der Waals surface area contributed by atoms with Gasteiger partial charge in [0.15, 0.2) is 4.80 Å². The minimum atomic E-state index is -0.771. The van der Waals surface area contributed by atoms with Crippen LogP contribution in [0.3, 0.4) is 0 Å². The lowest BCUT2D eigenvalue weighted by molar-refractivity contribution is -0.139. The zero-order valence-corrected chi connectivity index (χ0v) is 23.6. The third-order valence-corrected chi connectivity index (χ3v) is 7.68. The van der Waals surface area contributed by atoms with E-state index in [9.17, 15) is 9.59 Å². The lowest BCUT2D eigenvalue weighted by Crippen LogP contribution is -2.40. The molecule has 0 saturated carbocycles. The molecule has 3 aromatic rings. The number of aromatic nitrogens is 1. The number of benzene rings is 2. The van der Waals surface area contributed by atoms with E-state index in [2.05, 4.69) is 27.6 Å². The summed E-state index contributed by atoms with van der Waals surface area (Å²) in [7, 11) is 0. The van der Waals surface area contributed by atoms with Crippen molar-refractivity contribution in [3.05, 3.63) is 92.1 Å². The van der Waals surface area contributed by atoms with Gasteiger partial charge in [-0.3, -0.25) is 9.36 Å². The SMILES string of the molecule is CCOC(=O)C1=C(C)N=c2s/c(=C\c3cc(Cl)cc(I)c3OCC)c(=O)n2[C@@H]1c1ccccc1Cl. The molecule has 4 rings (SSSR count). The van der Waals surface area contributed by atoms with Crippen molar-refractivity contribution in [2.75, 3.05) is 13.2 Å². The number of esters is 1. The maximum atomic E-state index is 13.8. The fraction of sp³-hybridized carbons (Fsp3) is 0.240. The van der Waals surface area contributed by atoms with Gasteiger partial charge < -0.3 is 9.47 Å². The van der Waals surface area contributed by atoms with Crippen LogP contribution in [-0.2, 0) is 9.53 Å². The molecule has 35 heavy (non-hydrogen) atoms. The molecular formula is C25H21Cl2IN2O4S. The molecule has 0 radical (unpaired) electrons. The molecule has 0 bridgehead atoms. The second-order valence-electron chi connectivity index (χ2n) is 7.56. The average Bonchev–Trinajstić information content (AvgIpc) is 3.10. The Kier molecular flexibility index (Phi) is 8.05. The number of thiazole rings is 1. The van der Waals surface area contributed by atoms with Gasteiger partial charge in [-0.05, 0) is 73.2 Å². The lowest BCUT2D eigenvalue weighted by atomic mass is 9.96. The van der Waals surface area contributed by atoms with Crippen LogP contribution < -0.4 is 19.6 Å². The highest BCUT2D eigenvalue weighted by molar-refractivity contribution is 14.1. The topological polar surface area (TPSA) is 69.9 Å². The van der Waals surface area contributed by atoms with Crippen molar-refractivity contribution < 1.29 is 14.3 Å². The highest BCUT2D eigenvalue weighted by Gasteiger charge is 2.34. The van der Waals surface area contributed by atoms with E-state index in [1.165, 1.54) is 15.9 Å². The third kappa shape index (κ3) is 5.07. The summed E-state index contributed by atoms with van der Waals surface area (Å²) in [6, 6.07) is 9.93. The van der Waals surface area contributed by atoms with Gasteiger partial charge in [0, 0.05) is 15.6 Å². The van der Waals surface area contributed by atoms with Crippen LogP contribution in [0.1, 0.15) is 37.9 Å². The first kappa shape index (κ1) is 25.9. The minimum absolute atomic E-state index is 0.197. The van der Waals surface area contributed by atoms with E-state index < -0.39 is 12.0 Å². The second kappa shape index (κ2) is 10.9. The summed E-state index contributed by atoms with van der Waals surface area (Å²) in [6.45, 7) is 6.03. The Bertz CT molecular complexity index is 1530. The highest BCUT2D eigenvalue weighted by atomic mass is 127. The Morgan fingerprint density at radius 1 is 1.23 bits per heavy atom. The number of ether oxygens (including phenoxy) is 2. The predicted molar refractivity (Wildman–Crippen MR) is 147 cm³/mol. The zero-order chi connectivity index (χ0) is 25.3. The summed E-state index contributed by atoms with van der Waals surface area (Å²) in [5, 5.41) is 0.970. The first-order chi connectivity index (χ1) is 16.8. The van der Waals surface area contributed by atoms with Crippen LogP contribution >= 0.6 is 57.1 Å². The van der Waals surface area contributed by atoms with Crippen LogP contribution in [0.25, 0.3) is 6.08 Å². The van der Waals surface area contributed by atoms with Gasteiger partial charge in [0.1, 0.15) is 11.8 Å². The lowest BCUT2D eigenvalue weighted by Gasteiger charge is -2.25. The molecule has 1 atom stereocenters. The van der Waals surface area contributed by atoms with Gasteiger partial charge in [-0.2, -0.15) is 0 Å². The van der Waals surface area contributed by atoms with Gasteiger partial charge in [0.25, 0.3) is 5.56 Å². The molecule has 182 valence electrons. The third-order valence-electron chi connectivity index (χ3n) is 5.33. The number of fused-ring (bicyclic) bond motifs is 1.